The Balaban J connectivity index is 1.63. The van der Waals surface area contributed by atoms with Crippen molar-refractivity contribution in [3.05, 3.63) is 48.5 Å². The SMILES string of the molecule is CN(C)CCN1CCN(c2cccc(-c3ccccc3)n2)CC1. The molecule has 0 unspecified atom stereocenters. The highest BCUT2D eigenvalue weighted by Gasteiger charge is 2.18. The van der Waals surface area contributed by atoms with Gasteiger partial charge in [0.2, 0.25) is 0 Å². The van der Waals surface area contributed by atoms with E-state index < -0.39 is 0 Å². The normalized spacial score (nSPS) is 16.0. The van der Waals surface area contributed by atoms with E-state index in [1.54, 1.807) is 0 Å². The van der Waals surface area contributed by atoms with Crippen LogP contribution in [0.3, 0.4) is 0 Å². The molecule has 1 saturated heterocycles. The minimum atomic E-state index is 1.05. The van der Waals surface area contributed by atoms with Crippen LogP contribution in [-0.4, -0.2) is 68.1 Å². The third-order valence-corrected chi connectivity index (χ3v) is 4.36. The van der Waals surface area contributed by atoms with Gasteiger partial charge in [-0.25, -0.2) is 4.98 Å². The highest BCUT2D eigenvalue weighted by atomic mass is 15.3. The van der Waals surface area contributed by atoms with Crippen LogP contribution in [0, 0.1) is 0 Å². The second kappa shape index (κ2) is 7.57. The van der Waals surface area contributed by atoms with E-state index in [0.717, 1.165) is 50.8 Å². The quantitative estimate of drug-likeness (QED) is 0.846. The van der Waals surface area contributed by atoms with E-state index in [1.807, 2.05) is 6.07 Å². The Morgan fingerprint density at radius 3 is 2.35 bits per heavy atom. The molecule has 122 valence electrons. The lowest BCUT2D eigenvalue weighted by Crippen LogP contribution is -2.48. The van der Waals surface area contributed by atoms with Gasteiger partial charge in [0.25, 0.3) is 0 Å². The summed E-state index contributed by atoms with van der Waals surface area (Å²) in [5.41, 5.74) is 2.23. The van der Waals surface area contributed by atoms with Gasteiger partial charge in [-0.05, 0) is 26.2 Å². The molecule has 0 radical (unpaired) electrons. The molecular weight excluding hydrogens is 284 g/mol. The van der Waals surface area contributed by atoms with Gasteiger partial charge in [0.1, 0.15) is 5.82 Å². The van der Waals surface area contributed by atoms with E-state index >= 15 is 0 Å². The number of benzene rings is 1. The largest absolute Gasteiger partial charge is 0.354 e. The van der Waals surface area contributed by atoms with Gasteiger partial charge >= 0.3 is 0 Å². The molecule has 0 saturated carbocycles. The summed E-state index contributed by atoms with van der Waals surface area (Å²) in [4.78, 5) is 12.1. The average Bonchev–Trinajstić information content (AvgIpc) is 2.61. The molecule has 2 aromatic rings. The highest BCUT2D eigenvalue weighted by Crippen LogP contribution is 2.21. The molecule has 1 aliphatic heterocycles. The summed E-state index contributed by atoms with van der Waals surface area (Å²) >= 11 is 0. The van der Waals surface area contributed by atoms with Crippen LogP contribution in [0.2, 0.25) is 0 Å². The molecule has 0 amide bonds. The first-order valence-corrected chi connectivity index (χ1v) is 8.37. The van der Waals surface area contributed by atoms with Gasteiger partial charge < -0.3 is 9.80 Å². The molecule has 4 nitrogen and oxygen atoms in total. The summed E-state index contributed by atoms with van der Waals surface area (Å²) < 4.78 is 0. The molecule has 1 aliphatic rings. The zero-order valence-electron chi connectivity index (χ0n) is 14.2. The molecule has 4 heteroatoms. The van der Waals surface area contributed by atoms with E-state index in [1.165, 1.54) is 5.56 Å². The number of nitrogens with zero attached hydrogens (tertiary/aromatic N) is 4. The summed E-state index contributed by atoms with van der Waals surface area (Å²) in [5.74, 6) is 1.10. The van der Waals surface area contributed by atoms with Crippen molar-refractivity contribution in [2.24, 2.45) is 0 Å². The summed E-state index contributed by atoms with van der Waals surface area (Å²) in [6, 6.07) is 16.7. The van der Waals surface area contributed by atoms with Crippen molar-refractivity contribution in [2.75, 3.05) is 58.3 Å². The Morgan fingerprint density at radius 1 is 0.913 bits per heavy atom. The molecule has 1 aromatic heterocycles. The molecule has 0 spiro atoms. The summed E-state index contributed by atoms with van der Waals surface area (Å²) in [6.07, 6.45) is 0. The Morgan fingerprint density at radius 2 is 1.65 bits per heavy atom. The molecule has 0 N–H and O–H groups in total. The van der Waals surface area contributed by atoms with Crippen molar-refractivity contribution < 1.29 is 0 Å². The second-order valence-electron chi connectivity index (χ2n) is 6.38. The number of likely N-dealkylation sites (N-methyl/N-ethyl adjacent to an activating group) is 1. The van der Waals surface area contributed by atoms with E-state index in [-0.39, 0.29) is 0 Å². The third kappa shape index (κ3) is 4.30. The third-order valence-electron chi connectivity index (χ3n) is 4.36. The van der Waals surface area contributed by atoms with Crippen LogP contribution in [0.25, 0.3) is 11.3 Å². The predicted molar refractivity (Wildman–Crippen MR) is 96.9 cm³/mol. The molecule has 0 atom stereocenters. The van der Waals surface area contributed by atoms with Gasteiger partial charge in [-0.3, -0.25) is 4.90 Å². The van der Waals surface area contributed by atoms with Gasteiger partial charge in [0, 0.05) is 44.8 Å². The Kier molecular flexibility index (Phi) is 5.26. The predicted octanol–water partition coefficient (Wildman–Crippen LogP) is 2.43. The number of hydrogen-bond acceptors (Lipinski definition) is 4. The fourth-order valence-corrected chi connectivity index (χ4v) is 2.91. The van der Waals surface area contributed by atoms with Crippen LogP contribution in [-0.2, 0) is 0 Å². The van der Waals surface area contributed by atoms with Crippen molar-refractivity contribution in [1.29, 1.82) is 0 Å². The number of aromatic nitrogens is 1. The van der Waals surface area contributed by atoms with Crippen molar-refractivity contribution in [1.82, 2.24) is 14.8 Å². The number of hydrogen-bond donors (Lipinski definition) is 0. The van der Waals surface area contributed by atoms with Gasteiger partial charge in [-0.1, -0.05) is 36.4 Å². The summed E-state index contributed by atoms with van der Waals surface area (Å²) in [6.45, 7) is 6.62. The standard InChI is InChI=1S/C19H26N4/c1-21(2)11-12-22-13-15-23(16-14-22)19-10-6-9-18(20-19)17-7-4-3-5-8-17/h3-10H,11-16H2,1-2H3. The molecule has 23 heavy (non-hydrogen) atoms. The molecule has 0 bridgehead atoms. The first-order chi connectivity index (χ1) is 11.2. The number of pyridine rings is 1. The van der Waals surface area contributed by atoms with Crippen molar-refractivity contribution >= 4 is 5.82 Å². The van der Waals surface area contributed by atoms with Crippen LogP contribution in [0.5, 0.6) is 0 Å². The van der Waals surface area contributed by atoms with E-state index in [9.17, 15) is 0 Å². The van der Waals surface area contributed by atoms with Crippen LogP contribution in [0.1, 0.15) is 0 Å². The maximum Gasteiger partial charge on any atom is 0.129 e. The van der Waals surface area contributed by atoms with Crippen LogP contribution in [0.15, 0.2) is 48.5 Å². The molecule has 0 aliphatic carbocycles. The zero-order chi connectivity index (χ0) is 16.1. The monoisotopic (exact) mass is 310 g/mol. The topological polar surface area (TPSA) is 22.6 Å². The molecule has 1 fully saturated rings. The molecule has 3 rings (SSSR count). The average molecular weight is 310 g/mol. The lowest BCUT2D eigenvalue weighted by Gasteiger charge is -2.36. The smallest absolute Gasteiger partial charge is 0.129 e. The number of rotatable bonds is 5. The van der Waals surface area contributed by atoms with Gasteiger partial charge in [-0.15, -0.1) is 0 Å². The summed E-state index contributed by atoms with van der Waals surface area (Å²) in [5, 5.41) is 0. The first kappa shape index (κ1) is 16.0. The minimum Gasteiger partial charge on any atom is -0.354 e. The van der Waals surface area contributed by atoms with Crippen molar-refractivity contribution in [3.63, 3.8) is 0 Å². The van der Waals surface area contributed by atoms with Crippen molar-refractivity contribution in [2.45, 2.75) is 0 Å². The molecule has 1 aromatic carbocycles. The first-order valence-electron chi connectivity index (χ1n) is 8.37. The fourth-order valence-electron chi connectivity index (χ4n) is 2.91. The molecule has 2 heterocycles. The second-order valence-corrected chi connectivity index (χ2v) is 6.38. The van der Waals surface area contributed by atoms with Crippen LogP contribution < -0.4 is 4.90 Å². The Labute approximate surface area is 139 Å². The lowest BCUT2D eigenvalue weighted by molar-refractivity contribution is 0.229. The van der Waals surface area contributed by atoms with Crippen LogP contribution >= 0.6 is 0 Å². The summed E-state index contributed by atoms with van der Waals surface area (Å²) in [7, 11) is 4.27. The lowest BCUT2D eigenvalue weighted by atomic mass is 10.1. The minimum absolute atomic E-state index is 1.05. The van der Waals surface area contributed by atoms with E-state index in [0.29, 0.717) is 0 Å². The van der Waals surface area contributed by atoms with Gasteiger partial charge in [-0.2, -0.15) is 0 Å². The number of piperazine rings is 1. The Bertz CT molecular complexity index is 604. The van der Waals surface area contributed by atoms with Crippen LogP contribution in [0.4, 0.5) is 5.82 Å². The number of anilines is 1. The van der Waals surface area contributed by atoms with Gasteiger partial charge in [0.15, 0.2) is 0 Å². The maximum absolute atomic E-state index is 4.87. The fraction of sp³-hybridized carbons (Fsp3) is 0.421. The maximum atomic E-state index is 4.87. The highest BCUT2D eigenvalue weighted by molar-refractivity contribution is 5.61. The molecular formula is C19H26N4. The zero-order valence-corrected chi connectivity index (χ0v) is 14.2. The Hall–Kier alpha value is -1.91. The van der Waals surface area contributed by atoms with Gasteiger partial charge in [0.05, 0.1) is 5.69 Å². The van der Waals surface area contributed by atoms with E-state index in [2.05, 4.69) is 71.3 Å². The van der Waals surface area contributed by atoms with Crippen molar-refractivity contribution in [3.8, 4) is 11.3 Å². The van der Waals surface area contributed by atoms with E-state index in [4.69, 9.17) is 4.98 Å².